The topological polar surface area (TPSA) is 69.6 Å². The van der Waals surface area contributed by atoms with Crippen molar-refractivity contribution in [2.75, 3.05) is 0 Å². The zero-order valence-corrected chi connectivity index (χ0v) is 42.2. The van der Waals surface area contributed by atoms with Gasteiger partial charge >= 0.3 is 0 Å². The number of fused-ring (bicyclic) bond motifs is 5. The van der Waals surface area contributed by atoms with Crippen LogP contribution < -0.4 is 5.19 Å². The maximum Gasteiger partial charge on any atom is 0.215 e. The van der Waals surface area contributed by atoms with Gasteiger partial charge in [0.1, 0.15) is 0 Å². The van der Waals surface area contributed by atoms with E-state index in [9.17, 15) is 0 Å². The molecule has 0 atom stereocenters. The SMILES string of the molecule is C[Si](C)(C)c1cnc(-c2[c-]cccc2)cc1CC1CCCCC1.Cc1cc(C)c2c(n1)oc1c(-c3nc4ccccc4n3-c3c(C(C)C)cc4ccccc4c3C(C)C)[c-]cnc12.[Ir]. The predicted molar refractivity (Wildman–Crippen MR) is 265 cm³/mol. The Morgan fingerprint density at radius 2 is 1.56 bits per heavy atom. The average molecular weight is 1040 g/mol. The molecule has 0 unspecified atom stereocenters. The van der Waals surface area contributed by atoms with Crippen LogP contribution in [-0.4, -0.2) is 32.6 Å². The van der Waals surface area contributed by atoms with E-state index in [2.05, 4.69) is 150 Å². The Labute approximate surface area is 393 Å². The first-order valence-corrected chi connectivity index (χ1v) is 26.4. The van der Waals surface area contributed by atoms with Crippen molar-refractivity contribution in [3.63, 3.8) is 0 Å². The van der Waals surface area contributed by atoms with E-state index < -0.39 is 8.07 Å². The van der Waals surface area contributed by atoms with Gasteiger partial charge in [0.05, 0.1) is 35.6 Å². The molecule has 10 rings (SSSR count). The van der Waals surface area contributed by atoms with Crippen LogP contribution in [-0.2, 0) is 26.5 Å². The second kappa shape index (κ2) is 18.7. The molecule has 4 aromatic carbocycles. The molecule has 0 bridgehead atoms. The summed E-state index contributed by atoms with van der Waals surface area (Å²) in [6.07, 6.45) is 12.2. The molecule has 1 saturated carbocycles. The molecule has 1 aliphatic rings. The van der Waals surface area contributed by atoms with Crippen LogP contribution in [0.2, 0.25) is 19.6 Å². The fourth-order valence-corrected chi connectivity index (χ4v) is 11.5. The zero-order valence-electron chi connectivity index (χ0n) is 38.8. The van der Waals surface area contributed by atoms with Gasteiger partial charge in [-0.3, -0.25) is 9.97 Å². The molecule has 64 heavy (non-hydrogen) atoms. The fourth-order valence-electron chi connectivity index (χ4n) is 9.93. The third kappa shape index (κ3) is 8.77. The Hall–Kier alpha value is -5.27. The van der Waals surface area contributed by atoms with Gasteiger partial charge in [0.25, 0.3) is 0 Å². The molecule has 6 nitrogen and oxygen atoms in total. The number of aromatic nitrogens is 5. The Morgan fingerprint density at radius 1 is 0.812 bits per heavy atom. The van der Waals surface area contributed by atoms with Gasteiger partial charge in [-0.05, 0) is 107 Å². The summed E-state index contributed by atoms with van der Waals surface area (Å²) >= 11 is 0. The molecule has 0 N–H and O–H groups in total. The van der Waals surface area contributed by atoms with Gasteiger partial charge < -0.3 is 14.0 Å². The normalized spacial score (nSPS) is 13.5. The summed E-state index contributed by atoms with van der Waals surface area (Å²) in [5.74, 6) is 2.25. The molecule has 5 heterocycles. The number of pyridine rings is 3. The number of benzene rings is 4. The van der Waals surface area contributed by atoms with E-state index in [1.807, 2.05) is 25.1 Å². The standard InChI is InChI=1S/C35H31N4O.C21H28NSi.Ir/c1-19(2)26-18-23-11-7-8-12-24(23)29(20(3)4)32(26)39-28-14-10-9-13-27(28)38-34(39)25-15-16-36-31-30-21(5)17-22(6)37-35(30)40-33(25)31;1-23(2,3)21-16-22-20(18-12-8-5-9-13-18)15-19(21)14-17-10-6-4-7-11-17;/h7-14,16-20H,1-6H3;5,8-9,12,15-17H,4,6-7,10-11,14H2,1-3H3;/q2*-1;. The largest absolute Gasteiger partial charge is 0.499 e. The first-order chi connectivity index (χ1) is 30.4. The van der Waals surface area contributed by atoms with E-state index >= 15 is 0 Å². The van der Waals surface area contributed by atoms with Gasteiger partial charge in [-0.2, -0.15) is 0 Å². The molecule has 8 heteroatoms. The Bertz CT molecular complexity index is 3100. The van der Waals surface area contributed by atoms with Crippen LogP contribution in [0.1, 0.15) is 99.6 Å². The number of imidazole rings is 1. The molecule has 5 aromatic heterocycles. The summed E-state index contributed by atoms with van der Waals surface area (Å²) in [4.78, 5) is 19.4. The molecular weight excluding hydrogens is 979 g/mol. The minimum absolute atomic E-state index is 0. The summed E-state index contributed by atoms with van der Waals surface area (Å²) in [5, 5.41) is 5.01. The third-order valence-electron chi connectivity index (χ3n) is 12.9. The summed E-state index contributed by atoms with van der Waals surface area (Å²) in [7, 11) is -1.36. The number of furan rings is 1. The first kappa shape index (κ1) is 45.3. The molecular formula is C56H59IrN5OSi-2. The summed E-state index contributed by atoms with van der Waals surface area (Å²) < 4.78 is 8.78. The fraction of sp³-hybridized carbons (Fsp3) is 0.321. The van der Waals surface area contributed by atoms with Crippen molar-refractivity contribution >= 4 is 57.3 Å². The molecule has 329 valence electrons. The summed E-state index contributed by atoms with van der Waals surface area (Å²) in [6.45, 7) is 20.5. The van der Waals surface area contributed by atoms with E-state index in [4.69, 9.17) is 24.4 Å². The maximum atomic E-state index is 6.45. The van der Waals surface area contributed by atoms with Crippen molar-refractivity contribution in [1.82, 2.24) is 24.5 Å². The van der Waals surface area contributed by atoms with Gasteiger partial charge in [0.15, 0.2) is 0 Å². The van der Waals surface area contributed by atoms with Crippen molar-refractivity contribution in [2.45, 2.75) is 112 Å². The van der Waals surface area contributed by atoms with Crippen LogP contribution in [0.3, 0.4) is 0 Å². The smallest absolute Gasteiger partial charge is 0.215 e. The maximum absolute atomic E-state index is 6.45. The Kier molecular flexibility index (Phi) is 13.2. The van der Waals surface area contributed by atoms with Crippen LogP contribution in [0, 0.1) is 31.9 Å². The molecule has 1 radical (unpaired) electrons. The van der Waals surface area contributed by atoms with Crippen molar-refractivity contribution in [2.24, 2.45) is 5.92 Å². The number of aryl methyl sites for hydroxylation is 2. The van der Waals surface area contributed by atoms with E-state index in [1.165, 1.54) is 66.1 Å². The van der Waals surface area contributed by atoms with Gasteiger partial charge in [0, 0.05) is 43.5 Å². The zero-order chi connectivity index (χ0) is 44.0. The van der Waals surface area contributed by atoms with Crippen LogP contribution in [0.4, 0.5) is 0 Å². The summed E-state index contributed by atoms with van der Waals surface area (Å²) in [5.41, 5.74) is 14.4. The number of hydrogen-bond donors (Lipinski definition) is 0. The number of hydrogen-bond acceptors (Lipinski definition) is 5. The first-order valence-electron chi connectivity index (χ1n) is 22.9. The van der Waals surface area contributed by atoms with Crippen LogP contribution in [0.5, 0.6) is 0 Å². The van der Waals surface area contributed by atoms with E-state index in [0.717, 1.165) is 61.8 Å². The molecule has 0 amide bonds. The number of rotatable bonds is 8. The van der Waals surface area contributed by atoms with Crippen LogP contribution in [0.25, 0.3) is 72.3 Å². The van der Waals surface area contributed by atoms with Crippen molar-refractivity contribution < 1.29 is 24.5 Å². The van der Waals surface area contributed by atoms with Crippen molar-refractivity contribution in [1.29, 1.82) is 0 Å². The third-order valence-corrected chi connectivity index (χ3v) is 15.0. The average Bonchev–Trinajstić information content (AvgIpc) is 3.85. The van der Waals surface area contributed by atoms with Gasteiger partial charge in [-0.25, -0.2) is 4.98 Å². The van der Waals surface area contributed by atoms with Crippen LogP contribution in [0.15, 0.2) is 108 Å². The molecule has 0 aliphatic heterocycles. The second-order valence-corrected chi connectivity index (χ2v) is 24.3. The predicted octanol–water partition coefficient (Wildman–Crippen LogP) is 14.4. The molecule has 9 aromatic rings. The molecule has 0 saturated heterocycles. The van der Waals surface area contributed by atoms with E-state index in [-0.39, 0.29) is 26.0 Å². The molecule has 1 fully saturated rings. The summed E-state index contributed by atoms with van der Waals surface area (Å²) in [6, 6.07) is 38.8. The van der Waals surface area contributed by atoms with Gasteiger partial charge in [0.2, 0.25) is 5.71 Å². The molecule has 0 spiro atoms. The molecule has 1 aliphatic carbocycles. The minimum Gasteiger partial charge on any atom is -0.499 e. The van der Waals surface area contributed by atoms with Crippen LogP contribution >= 0.6 is 0 Å². The Morgan fingerprint density at radius 3 is 2.30 bits per heavy atom. The van der Waals surface area contributed by atoms with Gasteiger partial charge in [-0.1, -0.05) is 127 Å². The Balaban J connectivity index is 0.000000199. The minimum atomic E-state index is -1.36. The quantitative estimate of drug-likeness (QED) is 0.112. The van der Waals surface area contributed by atoms with Crippen molar-refractivity contribution in [3.05, 3.63) is 143 Å². The van der Waals surface area contributed by atoms with E-state index in [1.54, 1.807) is 16.9 Å². The second-order valence-electron chi connectivity index (χ2n) is 19.3. The van der Waals surface area contributed by atoms with E-state index in [0.29, 0.717) is 17.2 Å². The number of para-hydroxylation sites is 2. The van der Waals surface area contributed by atoms with Gasteiger partial charge in [-0.15, -0.1) is 47.5 Å². The number of nitrogens with zero attached hydrogens (tertiary/aromatic N) is 5. The van der Waals surface area contributed by atoms with Crippen molar-refractivity contribution in [3.8, 4) is 28.3 Å². The monoisotopic (exact) mass is 1040 g/mol.